The van der Waals surface area contributed by atoms with Crippen LogP contribution in [-0.4, -0.2) is 5.91 Å². The van der Waals surface area contributed by atoms with E-state index >= 15 is 0 Å². The van der Waals surface area contributed by atoms with E-state index in [1.807, 2.05) is 11.4 Å². The standard InChI is InChI=1S/C7H4BrNOS3/c8-6-5-3(2-12-6)1-4(13-5)7(10)9-11/h1-2,11H,(H,9,10). The van der Waals surface area contributed by atoms with Gasteiger partial charge in [0.15, 0.2) is 0 Å². The van der Waals surface area contributed by atoms with Crippen molar-refractivity contribution >= 4 is 67.4 Å². The van der Waals surface area contributed by atoms with Gasteiger partial charge in [-0.2, -0.15) is 0 Å². The molecule has 2 aromatic heterocycles. The van der Waals surface area contributed by atoms with Crippen LogP contribution in [0.4, 0.5) is 0 Å². The van der Waals surface area contributed by atoms with E-state index in [0.717, 1.165) is 13.9 Å². The normalized spacial score (nSPS) is 10.6. The Bertz CT molecular complexity index is 461. The molecule has 0 aliphatic rings. The highest BCUT2D eigenvalue weighted by molar-refractivity contribution is 9.11. The number of hydrogen-bond acceptors (Lipinski definition) is 4. The molecule has 68 valence electrons. The molecule has 2 aromatic rings. The van der Waals surface area contributed by atoms with Gasteiger partial charge in [-0.25, -0.2) is 0 Å². The molecule has 0 bridgehead atoms. The van der Waals surface area contributed by atoms with Gasteiger partial charge in [-0.05, 0) is 22.0 Å². The summed E-state index contributed by atoms with van der Waals surface area (Å²) in [5.41, 5.74) is 0. The third-order valence-electron chi connectivity index (χ3n) is 1.55. The third kappa shape index (κ3) is 1.63. The van der Waals surface area contributed by atoms with E-state index in [0.29, 0.717) is 4.88 Å². The molecule has 0 aromatic carbocycles. The fraction of sp³-hybridized carbons (Fsp3) is 0. The maximum absolute atomic E-state index is 11.2. The monoisotopic (exact) mass is 293 g/mol. The number of hydrogen-bond donors (Lipinski definition) is 2. The summed E-state index contributed by atoms with van der Waals surface area (Å²) in [6.45, 7) is 0. The zero-order chi connectivity index (χ0) is 9.42. The van der Waals surface area contributed by atoms with E-state index < -0.39 is 0 Å². The average Bonchev–Trinajstić information content (AvgIpc) is 2.67. The zero-order valence-electron chi connectivity index (χ0n) is 6.20. The molecular weight excluding hydrogens is 290 g/mol. The lowest BCUT2D eigenvalue weighted by atomic mass is 10.3. The molecule has 0 atom stereocenters. The molecule has 0 saturated carbocycles. The van der Waals surface area contributed by atoms with E-state index in [4.69, 9.17) is 0 Å². The summed E-state index contributed by atoms with van der Waals surface area (Å²) < 4.78 is 4.50. The van der Waals surface area contributed by atoms with Crippen molar-refractivity contribution in [1.29, 1.82) is 0 Å². The van der Waals surface area contributed by atoms with E-state index in [-0.39, 0.29) is 5.91 Å². The molecule has 2 rings (SSSR count). The van der Waals surface area contributed by atoms with Gasteiger partial charge < -0.3 is 0 Å². The van der Waals surface area contributed by atoms with Crippen molar-refractivity contribution in [2.75, 3.05) is 0 Å². The highest BCUT2D eigenvalue weighted by atomic mass is 79.9. The minimum absolute atomic E-state index is 0.151. The first kappa shape index (κ1) is 9.51. The summed E-state index contributed by atoms with van der Waals surface area (Å²) in [5.74, 6) is -0.151. The summed E-state index contributed by atoms with van der Waals surface area (Å²) in [7, 11) is 0. The number of rotatable bonds is 1. The zero-order valence-corrected chi connectivity index (χ0v) is 10.3. The molecule has 2 heterocycles. The summed E-state index contributed by atoms with van der Waals surface area (Å²) in [5, 5.41) is 3.12. The van der Waals surface area contributed by atoms with Crippen molar-refractivity contribution in [2.45, 2.75) is 0 Å². The van der Waals surface area contributed by atoms with Crippen LogP contribution >= 0.6 is 51.4 Å². The lowest BCUT2D eigenvalue weighted by Crippen LogP contribution is -2.10. The van der Waals surface area contributed by atoms with Gasteiger partial charge in [0.1, 0.15) is 0 Å². The lowest BCUT2D eigenvalue weighted by Gasteiger charge is -1.90. The Morgan fingerprint density at radius 1 is 1.62 bits per heavy atom. The van der Waals surface area contributed by atoms with Crippen molar-refractivity contribution in [1.82, 2.24) is 4.72 Å². The molecule has 0 aliphatic carbocycles. The van der Waals surface area contributed by atoms with E-state index in [2.05, 4.69) is 33.5 Å². The van der Waals surface area contributed by atoms with E-state index in [1.54, 1.807) is 11.3 Å². The number of nitrogens with one attached hydrogen (secondary N) is 1. The van der Waals surface area contributed by atoms with Gasteiger partial charge in [-0.1, -0.05) is 12.8 Å². The Hall–Kier alpha value is -0.0400. The first-order valence-corrected chi connectivity index (χ1v) is 6.27. The van der Waals surface area contributed by atoms with Crippen molar-refractivity contribution in [3.8, 4) is 0 Å². The minimum Gasteiger partial charge on any atom is -0.298 e. The summed E-state index contributed by atoms with van der Waals surface area (Å²) in [4.78, 5) is 11.9. The number of thiophene rings is 2. The van der Waals surface area contributed by atoms with Crippen LogP contribution in [0.1, 0.15) is 9.67 Å². The predicted octanol–water partition coefficient (Wildman–Crippen LogP) is 3.30. The number of amides is 1. The van der Waals surface area contributed by atoms with Crippen molar-refractivity contribution in [3.63, 3.8) is 0 Å². The maximum Gasteiger partial charge on any atom is 0.271 e. The Morgan fingerprint density at radius 3 is 3.00 bits per heavy atom. The van der Waals surface area contributed by atoms with Crippen LogP contribution < -0.4 is 4.72 Å². The summed E-state index contributed by atoms with van der Waals surface area (Å²) >= 11 is 10.2. The van der Waals surface area contributed by atoms with Crippen molar-refractivity contribution in [3.05, 3.63) is 20.1 Å². The number of thiol groups is 1. The minimum atomic E-state index is -0.151. The first-order chi connectivity index (χ1) is 6.22. The van der Waals surface area contributed by atoms with Crippen LogP contribution in [0, 0.1) is 0 Å². The fourth-order valence-corrected chi connectivity index (χ4v) is 3.78. The second-order valence-corrected chi connectivity index (χ2v) is 5.82. The van der Waals surface area contributed by atoms with Crippen LogP contribution in [0.25, 0.3) is 10.1 Å². The SMILES string of the molecule is O=C(NS)c1cc2csc(Br)c2s1. The Labute approximate surface area is 96.6 Å². The van der Waals surface area contributed by atoms with Gasteiger partial charge in [0.2, 0.25) is 0 Å². The molecule has 0 saturated heterocycles. The highest BCUT2D eigenvalue weighted by Gasteiger charge is 2.11. The largest absolute Gasteiger partial charge is 0.298 e. The summed E-state index contributed by atoms with van der Waals surface area (Å²) in [6.07, 6.45) is 0. The van der Waals surface area contributed by atoms with Crippen molar-refractivity contribution in [2.24, 2.45) is 0 Å². The smallest absolute Gasteiger partial charge is 0.271 e. The second-order valence-electron chi connectivity index (χ2n) is 2.35. The van der Waals surface area contributed by atoms with Crippen LogP contribution in [0.5, 0.6) is 0 Å². The van der Waals surface area contributed by atoms with Gasteiger partial charge >= 0.3 is 0 Å². The molecule has 0 unspecified atom stereocenters. The molecule has 0 aliphatic heterocycles. The number of carbonyl (C=O) groups excluding carboxylic acids is 1. The third-order valence-corrected chi connectivity index (χ3v) is 5.06. The van der Waals surface area contributed by atoms with Gasteiger partial charge in [0.25, 0.3) is 5.91 Å². The topological polar surface area (TPSA) is 29.1 Å². The molecule has 2 nitrogen and oxygen atoms in total. The molecule has 0 radical (unpaired) electrons. The number of fused-ring (bicyclic) bond motifs is 1. The lowest BCUT2D eigenvalue weighted by molar-refractivity contribution is 0.0989. The van der Waals surface area contributed by atoms with Crippen LogP contribution in [-0.2, 0) is 0 Å². The van der Waals surface area contributed by atoms with Gasteiger partial charge in [-0.3, -0.25) is 9.52 Å². The first-order valence-electron chi connectivity index (χ1n) is 3.33. The van der Waals surface area contributed by atoms with Gasteiger partial charge in [-0.15, -0.1) is 22.7 Å². The highest BCUT2D eigenvalue weighted by Crippen LogP contribution is 2.36. The predicted molar refractivity (Wildman–Crippen MR) is 63.9 cm³/mol. The average molecular weight is 294 g/mol. The quantitative estimate of drug-likeness (QED) is 0.776. The van der Waals surface area contributed by atoms with Gasteiger partial charge in [0, 0.05) is 10.8 Å². The number of halogens is 1. The fourth-order valence-electron chi connectivity index (χ4n) is 0.982. The summed E-state index contributed by atoms with van der Waals surface area (Å²) in [6, 6.07) is 1.87. The number of carbonyl (C=O) groups is 1. The molecule has 1 amide bonds. The molecule has 0 spiro atoms. The molecular formula is C7H4BrNOS3. The van der Waals surface area contributed by atoms with Crippen LogP contribution in [0.3, 0.4) is 0 Å². The Kier molecular flexibility index (Phi) is 2.64. The van der Waals surface area contributed by atoms with Crippen molar-refractivity contribution < 1.29 is 4.79 Å². The second kappa shape index (κ2) is 3.61. The van der Waals surface area contributed by atoms with Gasteiger partial charge in [0.05, 0.1) is 13.4 Å². The Morgan fingerprint density at radius 2 is 2.38 bits per heavy atom. The molecule has 1 N–H and O–H groups in total. The maximum atomic E-state index is 11.2. The molecule has 6 heteroatoms. The van der Waals surface area contributed by atoms with Crippen LogP contribution in [0.2, 0.25) is 0 Å². The molecule has 13 heavy (non-hydrogen) atoms. The van der Waals surface area contributed by atoms with E-state index in [1.165, 1.54) is 11.3 Å². The molecule has 0 fully saturated rings. The van der Waals surface area contributed by atoms with Crippen LogP contribution in [0.15, 0.2) is 15.2 Å². The Balaban J connectivity index is 2.56. The van der Waals surface area contributed by atoms with E-state index in [9.17, 15) is 4.79 Å².